The molecule has 3 rings (SSSR count). The Labute approximate surface area is 114 Å². The van der Waals surface area contributed by atoms with E-state index < -0.39 is 0 Å². The molecule has 2 N–H and O–H groups in total. The third-order valence-electron chi connectivity index (χ3n) is 3.88. The van der Waals surface area contributed by atoms with Gasteiger partial charge in [0.05, 0.1) is 0 Å². The molecule has 0 spiro atoms. The van der Waals surface area contributed by atoms with Crippen LogP contribution in [0.25, 0.3) is 0 Å². The first-order valence-electron chi connectivity index (χ1n) is 6.84. The summed E-state index contributed by atoms with van der Waals surface area (Å²) in [6.07, 6.45) is 2.03. The molecule has 2 aromatic rings. The molecule has 1 atom stereocenters. The Hall–Kier alpha value is -1.80. The molecule has 1 aliphatic rings. The fraction of sp³-hybridized carbons (Fsp3) is 0.294. The Morgan fingerprint density at radius 3 is 2.89 bits per heavy atom. The van der Waals surface area contributed by atoms with Gasteiger partial charge in [-0.15, -0.1) is 0 Å². The first-order chi connectivity index (χ1) is 9.24. The van der Waals surface area contributed by atoms with Gasteiger partial charge in [0.2, 0.25) is 0 Å². The van der Waals surface area contributed by atoms with Crippen LogP contribution in [0.3, 0.4) is 0 Å². The van der Waals surface area contributed by atoms with Crippen LogP contribution in [-0.4, -0.2) is 5.11 Å². The van der Waals surface area contributed by atoms with Crippen LogP contribution >= 0.6 is 0 Å². The summed E-state index contributed by atoms with van der Waals surface area (Å²) in [6.45, 7) is 2.99. The standard InChI is InChI=1S/C17H19NO/c1-12-4-2-5-13(10-12)11-18-16-9-8-15-14(16)6-3-7-17(15)19/h2-7,10,16,18-19H,8-9,11H2,1H3. The Morgan fingerprint density at radius 2 is 2.05 bits per heavy atom. The summed E-state index contributed by atoms with van der Waals surface area (Å²) in [6, 6.07) is 14.8. The largest absolute Gasteiger partial charge is 0.508 e. The van der Waals surface area contributed by atoms with Gasteiger partial charge in [0.15, 0.2) is 0 Å². The average molecular weight is 253 g/mol. The summed E-state index contributed by atoms with van der Waals surface area (Å²) in [4.78, 5) is 0. The number of aromatic hydroxyl groups is 1. The van der Waals surface area contributed by atoms with Crippen molar-refractivity contribution in [2.24, 2.45) is 0 Å². The van der Waals surface area contributed by atoms with E-state index in [1.807, 2.05) is 6.07 Å². The van der Waals surface area contributed by atoms with Crippen LogP contribution in [0.4, 0.5) is 0 Å². The Bertz CT molecular complexity index is 592. The number of phenolic OH excluding ortho intramolecular Hbond substituents is 1. The summed E-state index contributed by atoms with van der Waals surface area (Å²) in [5.74, 6) is 0.442. The lowest BCUT2D eigenvalue weighted by Crippen LogP contribution is -2.18. The van der Waals surface area contributed by atoms with E-state index in [9.17, 15) is 5.11 Å². The zero-order valence-electron chi connectivity index (χ0n) is 11.2. The summed E-state index contributed by atoms with van der Waals surface area (Å²) in [5.41, 5.74) is 4.98. The highest BCUT2D eigenvalue weighted by molar-refractivity contribution is 5.44. The normalized spacial score (nSPS) is 17.4. The molecule has 0 saturated heterocycles. The predicted octanol–water partition coefficient (Wildman–Crippen LogP) is 3.48. The lowest BCUT2D eigenvalue weighted by atomic mass is 10.1. The number of phenols is 1. The van der Waals surface area contributed by atoms with E-state index in [1.165, 1.54) is 16.7 Å². The Morgan fingerprint density at radius 1 is 1.21 bits per heavy atom. The predicted molar refractivity (Wildman–Crippen MR) is 77.2 cm³/mol. The molecule has 0 bridgehead atoms. The monoisotopic (exact) mass is 253 g/mol. The molecular formula is C17H19NO. The van der Waals surface area contributed by atoms with Crippen molar-refractivity contribution < 1.29 is 5.11 Å². The quantitative estimate of drug-likeness (QED) is 0.877. The number of hydrogen-bond acceptors (Lipinski definition) is 2. The molecule has 2 heteroatoms. The minimum absolute atomic E-state index is 0.364. The first-order valence-corrected chi connectivity index (χ1v) is 6.84. The van der Waals surface area contributed by atoms with Crippen molar-refractivity contribution >= 4 is 0 Å². The van der Waals surface area contributed by atoms with Gasteiger partial charge in [0, 0.05) is 12.6 Å². The molecule has 0 radical (unpaired) electrons. The summed E-state index contributed by atoms with van der Waals surface area (Å²) < 4.78 is 0. The Balaban J connectivity index is 1.72. The van der Waals surface area contributed by atoms with Gasteiger partial charge in [-0.2, -0.15) is 0 Å². The molecule has 0 aliphatic heterocycles. The first kappa shape index (κ1) is 12.2. The molecular weight excluding hydrogens is 234 g/mol. The summed E-state index contributed by atoms with van der Waals surface area (Å²) in [5, 5.41) is 13.4. The molecule has 0 fully saturated rings. The second-order valence-electron chi connectivity index (χ2n) is 5.31. The maximum absolute atomic E-state index is 9.84. The number of fused-ring (bicyclic) bond motifs is 1. The third-order valence-corrected chi connectivity index (χ3v) is 3.88. The number of aryl methyl sites for hydroxylation is 1. The van der Waals surface area contributed by atoms with Crippen LogP contribution in [0.2, 0.25) is 0 Å². The smallest absolute Gasteiger partial charge is 0.119 e. The zero-order chi connectivity index (χ0) is 13.2. The van der Waals surface area contributed by atoms with Gasteiger partial charge in [0.1, 0.15) is 5.75 Å². The summed E-state index contributed by atoms with van der Waals surface area (Å²) in [7, 11) is 0. The van der Waals surface area contributed by atoms with Gasteiger partial charge in [-0.1, -0.05) is 42.0 Å². The van der Waals surface area contributed by atoms with Crippen LogP contribution in [-0.2, 0) is 13.0 Å². The number of benzene rings is 2. The molecule has 1 unspecified atom stereocenters. The van der Waals surface area contributed by atoms with Crippen LogP contribution < -0.4 is 5.32 Å². The van der Waals surface area contributed by atoms with E-state index in [1.54, 1.807) is 6.07 Å². The van der Waals surface area contributed by atoms with Crippen molar-refractivity contribution in [3.8, 4) is 5.75 Å². The fourth-order valence-corrected chi connectivity index (χ4v) is 2.91. The number of nitrogens with one attached hydrogen (secondary N) is 1. The molecule has 1 aliphatic carbocycles. The molecule has 0 aromatic heterocycles. The highest BCUT2D eigenvalue weighted by Gasteiger charge is 2.23. The van der Waals surface area contributed by atoms with Crippen molar-refractivity contribution in [3.05, 3.63) is 64.7 Å². The minimum atomic E-state index is 0.364. The zero-order valence-corrected chi connectivity index (χ0v) is 11.2. The second-order valence-corrected chi connectivity index (χ2v) is 5.31. The Kier molecular flexibility index (Phi) is 3.26. The lowest BCUT2D eigenvalue weighted by molar-refractivity contribution is 0.469. The number of hydrogen-bond donors (Lipinski definition) is 2. The van der Waals surface area contributed by atoms with Crippen molar-refractivity contribution in [1.82, 2.24) is 5.32 Å². The van der Waals surface area contributed by atoms with Gasteiger partial charge in [-0.25, -0.2) is 0 Å². The van der Waals surface area contributed by atoms with Crippen LogP contribution in [0.5, 0.6) is 5.75 Å². The maximum Gasteiger partial charge on any atom is 0.119 e. The molecule has 0 heterocycles. The van der Waals surface area contributed by atoms with Crippen LogP contribution in [0.15, 0.2) is 42.5 Å². The topological polar surface area (TPSA) is 32.3 Å². The molecule has 19 heavy (non-hydrogen) atoms. The molecule has 98 valence electrons. The lowest BCUT2D eigenvalue weighted by Gasteiger charge is -2.14. The second kappa shape index (κ2) is 5.06. The van der Waals surface area contributed by atoms with Gasteiger partial charge in [-0.05, 0) is 42.5 Å². The van der Waals surface area contributed by atoms with Gasteiger partial charge < -0.3 is 10.4 Å². The summed E-state index contributed by atoms with van der Waals surface area (Å²) >= 11 is 0. The van der Waals surface area contributed by atoms with Gasteiger partial charge in [0.25, 0.3) is 0 Å². The highest BCUT2D eigenvalue weighted by Crippen LogP contribution is 2.36. The molecule has 0 saturated carbocycles. The van der Waals surface area contributed by atoms with E-state index in [-0.39, 0.29) is 0 Å². The van der Waals surface area contributed by atoms with Crippen molar-refractivity contribution in [3.63, 3.8) is 0 Å². The molecule has 2 nitrogen and oxygen atoms in total. The minimum Gasteiger partial charge on any atom is -0.508 e. The van der Waals surface area contributed by atoms with Gasteiger partial charge >= 0.3 is 0 Å². The third kappa shape index (κ3) is 2.49. The van der Waals surface area contributed by atoms with Crippen molar-refractivity contribution in [1.29, 1.82) is 0 Å². The van der Waals surface area contributed by atoms with E-state index in [2.05, 4.69) is 42.6 Å². The van der Waals surface area contributed by atoms with Crippen molar-refractivity contribution in [2.45, 2.75) is 32.4 Å². The van der Waals surface area contributed by atoms with Crippen LogP contribution in [0.1, 0.15) is 34.7 Å². The van der Waals surface area contributed by atoms with Gasteiger partial charge in [-0.3, -0.25) is 0 Å². The fourth-order valence-electron chi connectivity index (χ4n) is 2.91. The van der Waals surface area contributed by atoms with E-state index in [0.717, 1.165) is 24.9 Å². The highest BCUT2D eigenvalue weighted by atomic mass is 16.3. The average Bonchev–Trinajstić information content (AvgIpc) is 2.81. The van der Waals surface area contributed by atoms with E-state index in [4.69, 9.17) is 0 Å². The molecule has 2 aromatic carbocycles. The van der Waals surface area contributed by atoms with Crippen molar-refractivity contribution in [2.75, 3.05) is 0 Å². The SMILES string of the molecule is Cc1cccc(CNC2CCc3c(O)cccc32)c1. The number of rotatable bonds is 3. The van der Waals surface area contributed by atoms with E-state index in [0.29, 0.717) is 11.8 Å². The molecule has 0 amide bonds. The van der Waals surface area contributed by atoms with Crippen LogP contribution in [0, 0.1) is 6.92 Å². The van der Waals surface area contributed by atoms with E-state index >= 15 is 0 Å². The maximum atomic E-state index is 9.84.